The molecule has 0 unspecified atom stereocenters. The van der Waals surface area contributed by atoms with Crippen LogP contribution in [0.3, 0.4) is 0 Å². The smallest absolute Gasteiger partial charge is 0.0766 e. The van der Waals surface area contributed by atoms with Crippen molar-refractivity contribution in [3.63, 3.8) is 0 Å². The Bertz CT molecular complexity index is 427. The molecule has 0 saturated heterocycles. The topological polar surface area (TPSA) is 49.8 Å². The zero-order valence-corrected chi connectivity index (χ0v) is 9.25. The summed E-state index contributed by atoms with van der Waals surface area (Å²) in [4.78, 5) is 0. The summed E-state index contributed by atoms with van der Waals surface area (Å²) in [6.45, 7) is 3.90. The summed E-state index contributed by atoms with van der Waals surface area (Å²) in [6, 6.07) is 8.79. The highest BCUT2D eigenvalue weighted by molar-refractivity contribution is 5.42. The summed E-state index contributed by atoms with van der Waals surface area (Å²) in [5.41, 5.74) is 9.25. The largest absolute Gasteiger partial charge is 0.324 e. The minimum absolute atomic E-state index is 0.194. The van der Waals surface area contributed by atoms with Crippen LogP contribution in [0.2, 0.25) is 0 Å². The van der Waals surface area contributed by atoms with Crippen molar-refractivity contribution < 1.29 is 0 Å². The number of aryl methyl sites for hydroxylation is 1. The predicted molar refractivity (Wildman–Crippen MR) is 60.3 cm³/mol. The summed E-state index contributed by atoms with van der Waals surface area (Å²) in [5.74, 6) is 0. The molecule has 0 heterocycles. The summed E-state index contributed by atoms with van der Waals surface area (Å²) in [7, 11) is 0. The molecular weight excluding hydrogens is 184 g/mol. The van der Waals surface area contributed by atoms with E-state index in [1.165, 1.54) is 11.1 Å². The van der Waals surface area contributed by atoms with Gasteiger partial charge in [0.25, 0.3) is 0 Å². The van der Waals surface area contributed by atoms with Crippen molar-refractivity contribution in [2.45, 2.75) is 38.1 Å². The average molecular weight is 200 g/mol. The third kappa shape index (κ3) is 1.64. The van der Waals surface area contributed by atoms with Gasteiger partial charge in [0.1, 0.15) is 0 Å². The molecule has 0 saturated carbocycles. The van der Waals surface area contributed by atoms with E-state index in [-0.39, 0.29) is 6.04 Å². The molecule has 1 aromatic carbocycles. The number of benzene rings is 1. The van der Waals surface area contributed by atoms with Gasteiger partial charge in [-0.05, 0) is 43.4 Å². The molecule has 2 N–H and O–H groups in total. The second-order valence-electron chi connectivity index (χ2n) is 4.80. The van der Waals surface area contributed by atoms with E-state index in [1.54, 1.807) is 0 Å². The maximum atomic E-state index is 9.07. The molecule has 0 aromatic heterocycles. The summed E-state index contributed by atoms with van der Waals surface area (Å²) in [6.07, 6.45) is 2.08. The zero-order chi connectivity index (χ0) is 11.1. The number of rotatable bonds is 1. The summed E-state index contributed by atoms with van der Waals surface area (Å²) < 4.78 is 0. The highest BCUT2D eigenvalue weighted by Gasteiger charge is 2.24. The number of hydrogen-bond donors (Lipinski definition) is 1. The van der Waals surface area contributed by atoms with Gasteiger partial charge in [-0.2, -0.15) is 5.26 Å². The van der Waals surface area contributed by atoms with Gasteiger partial charge >= 0.3 is 0 Å². The summed E-state index contributed by atoms with van der Waals surface area (Å²) in [5, 5.41) is 9.07. The zero-order valence-electron chi connectivity index (χ0n) is 9.25. The van der Waals surface area contributed by atoms with Gasteiger partial charge < -0.3 is 5.73 Å². The average Bonchev–Trinajstić information content (AvgIpc) is 2.60. The van der Waals surface area contributed by atoms with Crippen LogP contribution >= 0.6 is 0 Å². The molecule has 1 aliphatic carbocycles. The Hall–Kier alpha value is -1.33. The van der Waals surface area contributed by atoms with Crippen LogP contribution in [-0.2, 0) is 11.8 Å². The quantitative estimate of drug-likeness (QED) is 0.757. The van der Waals surface area contributed by atoms with Gasteiger partial charge in [0.15, 0.2) is 0 Å². The lowest BCUT2D eigenvalue weighted by molar-refractivity contribution is 0.685. The molecule has 0 radical (unpaired) electrons. The van der Waals surface area contributed by atoms with E-state index in [4.69, 9.17) is 11.0 Å². The Labute approximate surface area is 90.7 Å². The normalized spacial score (nSPS) is 19.7. The van der Waals surface area contributed by atoms with Crippen molar-refractivity contribution in [2.75, 3.05) is 0 Å². The molecule has 15 heavy (non-hydrogen) atoms. The number of nitrogens with two attached hydrogens (primary N) is 1. The first-order chi connectivity index (χ1) is 7.04. The van der Waals surface area contributed by atoms with Crippen LogP contribution in [0.1, 0.15) is 43.0 Å². The lowest BCUT2D eigenvalue weighted by atomic mass is 9.85. The van der Waals surface area contributed by atoms with Crippen LogP contribution in [-0.4, -0.2) is 0 Å². The van der Waals surface area contributed by atoms with Gasteiger partial charge in [0, 0.05) is 6.04 Å². The van der Waals surface area contributed by atoms with Gasteiger partial charge in [-0.25, -0.2) is 0 Å². The standard InChI is InChI=1S/C13H16N2/c1-13(2,8-14)10-4-5-11-9(7-10)3-6-12(11)15/h4-5,7,12H,3,6,15H2,1-2H3/t12-/m1/s1. The highest BCUT2D eigenvalue weighted by atomic mass is 14.6. The maximum Gasteiger partial charge on any atom is 0.0766 e. The fourth-order valence-electron chi connectivity index (χ4n) is 2.10. The molecule has 2 heteroatoms. The Morgan fingerprint density at radius 2 is 2.20 bits per heavy atom. The van der Waals surface area contributed by atoms with Gasteiger partial charge in [-0.3, -0.25) is 0 Å². The summed E-state index contributed by atoms with van der Waals surface area (Å²) >= 11 is 0. The van der Waals surface area contributed by atoms with Gasteiger partial charge in [0.05, 0.1) is 11.5 Å². The van der Waals surface area contributed by atoms with E-state index in [0.717, 1.165) is 18.4 Å². The predicted octanol–water partition coefficient (Wildman–Crippen LogP) is 2.43. The van der Waals surface area contributed by atoms with Crippen LogP contribution < -0.4 is 5.73 Å². The molecule has 1 aliphatic rings. The van der Waals surface area contributed by atoms with Crippen molar-refractivity contribution in [2.24, 2.45) is 5.73 Å². The van der Waals surface area contributed by atoms with Crippen molar-refractivity contribution in [1.82, 2.24) is 0 Å². The molecule has 0 aliphatic heterocycles. The molecule has 1 aromatic rings. The van der Waals surface area contributed by atoms with E-state index < -0.39 is 5.41 Å². The molecule has 0 spiro atoms. The SMILES string of the molecule is CC(C)(C#N)c1ccc2c(c1)CC[C@H]2N. The Balaban J connectivity index is 2.44. The number of hydrogen-bond acceptors (Lipinski definition) is 2. The molecule has 1 atom stereocenters. The van der Waals surface area contributed by atoms with E-state index in [2.05, 4.69) is 18.2 Å². The molecule has 0 bridgehead atoms. The van der Waals surface area contributed by atoms with Crippen LogP contribution in [0.15, 0.2) is 18.2 Å². The first-order valence-electron chi connectivity index (χ1n) is 5.35. The Morgan fingerprint density at radius 3 is 2.87 bits per heavy atom. The molecule has 2 rings (SSSR count). The first-order valence-corrected chi connectivity index (χ1v) is 5.35. The minimum Gasteiger partial charge on any atom is -0.324 e. The molecule has 0 amide bonds. The van der Waals surface area contributed by atoms with E-state index in [1.807, 2.05) is 19.9 Å². The van der Waals surface area contributed by atoms with E-state index >= 15 is 0 Å². The highest BCUT2D eigenvalue weighted by Crippen LogP contribution is 2.33. The van der Waals surface area contributed by atoms with Gasteiger partial charge in [-0.15, -0.1) is 0 Å². The lowest BCUT2D eigenvalue weighted by Gasteiger charge is -2.17. The lowest BCUT2D eigenvalue weighted by Crippen LogP contribution is -2.14. The van der Waals surface area contributed by atoms with Crippen molar-refractivity contribution in [3.05, 3.63) is 34.9 Å². The van der Waals surface area contributed by atoms with Crippen molar-refractivity contribution in [3.8, 4) is 6.07 Å². The maximum absolute atomic E-state index is 9.07. The number of nitriles is 1. The number of nitrogens with zero attached hydrogens (tertiary/aromatic N) is 1. The Kier molecular flexibility index (Phi) is 2.28. The fraction of sp³-hybridized carbons (Fsp3) is 0.462. The first kappa shape index (κ1) is 10.2. The van der Waals surface area contributed by atoms with Crippen LogP contribution in [0, 0.1) is 11.3 Å². The molecule has 0 fully saturated rings. The van der Waals surface area contributed by atoms with Crippen LogP contribution in [0.5, 0.6) is 0 Å². The van der Waals surface area contributed by atoms with E-state index in [9.17, 15) is 0 Å². The fourth-order valence-corrected chi connectivity index (χ4v) is 2.10. The molecule has 2 nitrogen and oxygen atoms in total. The molecular formula is C13H16N2. The third-order valence-corrected chi connectivity index (χ3v) is 3.27. The second-order valence-corrected chi connectivity index (χ2v) is 4.80. The van der Waals surface area contributed by atoms with Crippen LogP contribution in [0.4, 0.5) is 0 Å². The van der Waals surface area contributed by atoms with E-state index in [0.29, 0.717) is 0 Å². The van der Waals surface area contributed by atoms with Crippen molar-refractivity contribution in [1.29, 1.82) is 5.26 Å². The van der Waals surface area contributed by atoms with Crippen LogP contribution in [0.25, 0.3) is 0 Å². The third-order valence-electron chi connectivity index (χ3n) is 3.27. The van der Waals surface area contributed by atoms with Gasteiger partial charge in [-0.1, -0.05) is 18.2 Å². The van der Waals surface area contributed by atoms with Crippen molar-refractivity contribution >= 4 is 0 Å². The monoisotopic (exact) mass is 200 g/mol. The minimum atomic E-state index is -0.401. The number of fused-ring (bicyclic) bond motifs is 1. The Morgan fingerprint density at radius 1 is 1.47 bits per heavy atom. The van der Waals surface area contributed by atoms with Gasteiger partial charge in [0.2, 0.25) is 0 Å². The molecule has 78 valence electrons. The second kappa shape index (κ2) is 3.36.